The molecular formula is C10H17NO2. The van der Waals surface area contributed by atoms with Gasteiger partial charge in [-0.25, -0.2) is 4.79 Å². The molecule has 0 unspecified atom stereocenters. The maximum atomic E-state index is 11.7. The Labute approximate surface area is 80.5 Å². The first-order valence-corrected chi connectivity index (χ1v) is 4.82. The van der Waals surface area contributed by atoms with Crippen molar-refractivity contribution in [2.75, 3.05) is 6.52 Å². The second-order valence-electron chi connectivity index (χ2n) is 4.92. The van der Waals surface area contributed by atoms with Gasteiger partial charge in [0.05, 0.1) is 0 Å². The van der Waals surface area contributed by atoms with Crippen molar-refractivity contribution in [1.29, 1.82) is 0 Å². The van der Waals surface area contributed by atoms with Crippen molar-refractivity contribution in [2.45, 2.75) is 45.3 Å². The molecular weight excluding hydrogens is 166 g/mol. The Kier molecular flexibility index (Phi) is 1.55. The Morgan fingerprint density at radius 1 is 1.54 bits per heavy atom. The van der Waals surface area contributed by atoms with Crippen LogP contribution in [0.4, 0.5) is 4.79 Å². The summed E-state index contributed by atoms with van der Waals surface area (Å²) in [7, 11) is 0. The van der Waals surface area contributed by atoms with Gasteiger partial charge in [-0.15, -0.1) is 0 Å². The summed E-state index contributed by atoms with van der Waals surface area (Å²) in [4.78, 5) is 13.3. The van der Waals surface area contributed by atoms with Crippen molar-refractivity contribution in [2.24, 2.45) is 5.92 Å². The Bertz CT molecular complexity index is 255. The van der Waals surface area contributed by atoms with Crippen molar-refractivity contribution >= 4 is 6.09 Å². The van der Waals surface area contributed by atoms with E-state index in [1.165, 1.54) is 0 Å². The van der Waals surface area contributed by atoms with Gasteiger partial charge in [-0.1, -0.05) is 0 Å². The predicted molar refractivity (Wildman–Crippen MR) is 49.5 cm³/mol. The third-order valence-electron chi connectivity index (χ3n) is 2.52. The monoisotopic (exact) mass is 184 g/mol. The van der Waals surface area contributed by atoms with Crippen molar-refractivity contribution < 1.29 is 10.9 Å². The quantitative estimate of drug-likeness (QED) is 0.576. The lowest BCUT2D eigenvalue weighted by molar-refractivity contribution is 0.0246. The minimum Gasteiger partial charge on any atom is -0.444 e. The molecule has 3 nitrogen and oxygen atoms in total. The van der Waals surface area contributed by atoms with Crippen molar-refractivity contribution in [3.63, 3.8) is 0 Å². The van der Waals surface area contributed by atoms with Gasteiger partial charge in [0, 0.05) is 13.9 Å². The standard InChI is InChI=1S/C10H17NO2/c1-10(2,3)13-9(12)11-6-7-4-8(11)5-7/h7-8H,4-6H2,1-3H3/i6D/t6-,7?,8?/m1/s1. The normalized spacial score (nSPS) is 38.2. The molecule has 2 aliphatic heterocycles. The number of fused-ring (bicyclic) bond motifs is 1. The van der Waals surface area contributed by atoms with Crippen LogP contribution in [0.2, 0.25) is 0 Å². The number of amides is 1. The molecule has 1 atom stereocenters. The van der Waals surface area contributed by atoms with Crippen LogP contribution in [-0.2, 0) is 4.74 Å². The van der Waals surface area contributed by atoms with E-state index >= 15 is 0 Å². The first-order chi connectivity index (χ1) is 6.38. The number of carbonyl (C=O) groups excluding carboxylic acids is 1. The maximum Gasteiger partial charge on any atom is 0.410 e. The molecule has 74 valence electrons. The van der Waals surface area contributed by atoms with Gasteiger partial charge in [0.25, 0.3) is 0 Å². The van der Waals surface area contributed by atoms with Crippen LogP contribution in [0.25, 0.3) is 0 Å². The van der Waals surface area contributed by atoms with E-state index in [1.807, 2.05) is 20.8 Å². The molecule has 0 aromatic carbocycles. The zero-order valence-corrected chi connectivity index (χ0v) is 8.41. The van der Waals surface area contributed by atoms with Gasteiger partial charge in [-0.3, -0.25) is 0 Å². The highest BCUT2D eigenvalue weighted by Crippen LogP contribution is 2.41. The van der Waals surface area contributed by atoms with Gasteiger partial charge in [-0.2, -0.15) is 0 Å². The van der Waals surface area contributed by atoms with Crippen molar-refractivity contribution in [3.8, 4) is 0 Å². The van der Waals surface area contributed by atoms with E-state index in [9.17, 15) is 4.79 Å². The first kappa shape index (κ1) is 7.65. The molecule has 1 aliphatic carbocycles. The number of hydrogen-bond acceptors (Lipinski definition) is 2. The van der Waals surface area contributed by atoms with E-state index in [4.69, 9.17) is 6.11 Å². The van der Waals surface area contributed by atoms with Gasteiger partial charge in [0.2, 0.25) is 0 Å². The molecule has 3 aliphatic rings. The van der Waals surface area contributed by atoms with E-state index in [1.54, 1.807) is 4.90 Å². The van der Waals surface area contributed by atoms with E-state index in [0.717, 1.165) is 12.8 Å². The van der Waals surface area contributed by atoms with Gasteiger partial charge in [-0.05, 0) is 39.5 Å². The van der Waals surface area contributed by atoms with Crippen molar-refractivity contribution in [1.82, 2.24) is 4.90 Å². The average molecular weight is 184 g/mol. The Morgan fingerprint density at radius 3 is 2.54 bits per heavy atom. The largest absolute Gasteiger partial charge is 0.444 e. The second kappa shape index (κ2) is 2.63. The maximum absolute atomic E-state index is 11.7. The average Bonchev–Trinajstić information content (AvgIpc) is 2.33. The molecule has 1 amide bonds. The zero-order valence-electron chi connectivity index (χ0n) is 9.41. The van der Waals surface area contributed by atoms with Crippen LogP contribution in [0, 0.1) is 5.92 Å². The van der Waals surface area contributed by atoms with Crippen LogP contribution in [0.3, 0.4) is 0 Å². The fourth-order valence-corrected chi connectivity index (χ4v) is 1.85. The van der Waals surface area contributed by atoms with Gasteiger partial charge in [0.15, 0.2) is 0 Å². The lowest BCUT2D eigenvalue weighted by atomic mass is 9.86. The van der Waals surface area contributed by atoms with Crippen LogP contribution in [0.5, 0.6) is 0 Å². The number of ether oxygens (including phenoxy) is 1. The molecule has 1 saturated carbocycles. The highest BCUT2D eigenvalue weighted by atomic mass is 16.6. The molecule has 3 rings (SSSR count). The number of carbonyl (C=O) groups is 1. The van der Waals surface area contributed by atoms with Gasteiger partial charge < -0.3 is 9.64 Å². The van der Waals surface area contributed by atoms with Crippen LogP contribution >= 0.6 is 0 Å². The Hall–Kier alpha value is -0.730. The lowest BCUT2D eigenvalue weighted by Crippen LogP contribution is -2.38. The summed E-state index contributed by atoms with van der Waals surface area (Å²) in [6, 6.07) is 0.275. The third kappa shape index (κ3) is 1.64. The van der Waals surface area contributed by atoms with E-state index in [0.29, 0.717) is 5.92 Å². The third-order valence-corrected chi connectivity index (χ3v) is 2.52. The van der Waals surface area contributed by atoms with Crippen molar-refractivity contribution in [3.05, 3.63) is 0 Å². The summed E-state index contributed by atoms with van der Waals surface area (Å²) >= 11 is 0. The van der Waals surface area contributed by atoms with E-state index < -0.39 is 5.60 Å². The van der Waals surface area contributed by atoms with Gasteiger partial charge >= 0.3 is 6.09 Å². The zero-order chi connectivity index (χ0) is 10.5. The Morgan fingerprint density at radius 2 is 2.15 bits per heavy atom. The lowest BCUT2D eigenvalue weighted by Gasteiger charge is -2.28. The highest BCUT2D eigenvalue weighted by Gasteiger charge is 2.46. The SMILES string of the molecule is [2H][C@@H]1C2CC(C2)N1C(=O)OC(C)(C)C. The smallest absolute Gasteiger partial charge is 0.410 e. The molecule has 0 radical (unpaired) electrons. The van der Waals surface area contributed by atoms with Crippen LogP contribution in [0.15, 0.2) is 0 Å². The summed E-state index contributed by atoms with van der Waals surface area (Å²) in [5, 5.41) is 0. The topological polar surface area (TPSA) is 29.5 Å². The molecule has 13 heavy (non-hydrogen) atoms. The van der Waals surface area contributed by atoms with E-state index in [2.05, 4.69) is 0 Å². The molecule has 2 saturated heterocycles. The molecule has 3 fully saturated rings. The Balaban J connectivity index is 1.99. The summed E-state index contributed by atoms with van der Waals surface area (Å²) in [5.74, 6) is 0.396. The molecule has 2 heterocycles. The second-order valence-corrected chi connectivity index (χ2v) is 4.92. The summed E-state index contributed by atoms with van der Waals surface area (Å²) < 4.78 is 13.1. The van der Waals surface area contributed by atoms with Crippen LogP contribution < -0.4 is 0 Å². The number of nitrogens with zero attached hydrogens (tertiary/aromatic N) is 1. The fourth-order valence-electron chi connectivity index (χ4n) is 1.85. The molecule has 0 spiro atoms. The predicted octanol–water partition coefficient (Wildman–Crippen LogP) is 2.02. The molecule has 2 bridgehead atoms. The minimum absolute atomic E-state index is 0.275. The van der Waals surface area contributed by atoms with Crippen LogP contribution in [0.1, 0.15) is 35.0 Å². The molecule has 0 N–H and O–H groups in total. The number of rotatable bonds is 0. The first-order valence-electron chi connectivity index (χ1n) is 5.40. The molecule has 0 aromatic heterocycles. The summed E-state index contributed by atoms with van der Waals surface area (Å²) in [5.41, 5.74) is -0.455. The molecule has 3 heteroatoms. The van der Waals surface area contributed by atoms with Crippen LogP contribution in [-0.4, -0.2) is 29.2 Å². The molecule has 0 aromatic rings. The highest BCUT2D eigenvalue weighted by molar-refractivity contribution is 5.69. The fraction of sp³-hybridized carbons (Fsp3) is 0.900. The van der Waals surface area contributed by atoms with Gasteiger partial charge in [0.1, 0.15) is 5.60 Å². The minimum atomic E-state index is -0.455. The summed E-state index contributed by atoms with van der Waals surface area (Å²) in [6.07, 6.45) is 1.67. The van der Waals surface area contributed by atoms with E-state index in [-0.39, 0.29) is 18.7 Å². The summed E-state index contributed by atoms with van der Waals surface area (Å²) in [6.45, 7) is 5.19. The number of hydrogen-bond donors (Lipinski definition) is 0.